The molecule has 1 amide bonds. The molecular formula is C17H17N3O4. The van der Waals surface area contributed by atoms with Gasteiger partial charge in [0.25, 0.3) is 5.91 Å². The van der Waals surface area contributed by atoms with Crippen LogP contribution in [0.25, 0.3) is 0 Å². The molecule has 2 rings (SSSR count). The molecule has 0 aromatic heterocycles. The maximum Gasteiger partial charge on any atom is 0.336 e. The van der Waals surface area contributed by atoms with Crippen LogP contribution in [0.1, 0.15) is 15.9 Å². The number of methoxy groups -OCH3 is 1. The minimum Gasteiger partial charge on any atom is -0.495 e. The molecule has 0 fully saturated rings. The Kier molecular flexibility index (Phi) is 5.90. The van der Waals surface area contributed by atoms with Crippen LogP contribution in [0.2, 0.25) is 0 Å². The van der Waals surface area contributed by atoms with Gasteiger partial charge in [-0.05, 0) is 18.2 Å². The number of nitrogens with one attached hydrogen (secondary N) is 2. The van der Waals surface area contributed by atoms with E-state index in [0.717, 1.165) is 0 Å². The smallest absolute Gasteiger partial charge is 0.336 e. The maximum absolute atomic E-state index is 11.8. The molecule has 0 atom stereocenters. The topological polar surface area (TPSA) is 100 Å². The second-order valence-corrected chi connectivity index (χ2v) is 4.74. The van der Waals surface area contributed by atoms with E-state index in [1.165, 1.54) is 12.3 Å². The standard InChI is InChI=1S/C17H17N3O4/c1-24-15-9-5-4-8-14(15)18-11-16(21)20-19-10-12-6-2-3-7-13(12)17(22)23/h2-10,18H,11H2,1H3,(H,20,21)(H,22,23)/b19-10+. The van der Waals surface area contributed by atoms with E-state index in [9.17, 15) is 9.59 Å². The predicted molar refractivity (Wildman–Crippen MR) is 90.6 cm³/mol. The van der Waals surface area contributed by atoms with Crippen LogP contribution in [0.3, 0.4) is 0 Å². The van der Waals surface area contributed by atoms with Gasteiger partial charge in [0, 0.05) is 5.56 Å². The van der Waals surface area contributed by atoms with Gasteiger partial charge < -0.3 is 15.2 Å². The molecule has 3 N–H and O–H groups in total. The summed E-state index contributed by atoms with van der Waals surface area (Å²) < 4.78 is 5.17. The number of carboxylic acids is 1. The number of aromatic carboxylic acids is 1. The van der Waals surface area contributed by atoms with Crippen LogP contribution >= 0.6 is 0 Å². The zero-order chi connectivity index (χ0) is 17.4. The number of nitrogens with zero attached hydrogens (tertiary/aromatic N) is 1. The van der Waals surface area contributed by atoms with Crippen LogP contribution in [-0.4, -0.2) is 36.9 Å². The van der Waals surface area contributed by atoms with Crippen LogP contribution < -0.4 is 15.5 Å². The second-order valence-electron chi connectivity index (χ2n) is 4.74. The Labute approximate surface area is 139 Å². The third-order valence-corrected chi connectivity index (χ3v) is 3.13. The van der Waals surface area contributed by atoms with Crippen molar-refractivity contribution in [2.75, 3.05) is 19.0 Å². The molecule has 7 heteroatoms. The molecule has 124 valence electrons. The van der Waals surface area contributed by atoms with Gasteiger partial charge in [0.05, 0.1) is 31.1 Å². The van der Waals surface area contributed by atoms with Crippen molar-refractivity contribution in [3.05, 3.63) is 59.7 Å². The molecule has 0 unspecified atom stereocenters. The molecule has 24 heavy (non-hydrogen) atoms. The number of benzene rings is 2. The van der Waals surface area contributed by atoms with Gasteiger partial charge >= 0.3 is 5.97 Å². The van der Waals surface area contributed by atoms with Gasteiger partial charge in [0.15, 0.2) is 0 Å². The first-order valence-electron chi connectivity index (χ1n) is 7.13. The first-order valence-corrected chi connectivity index (χ1v) is 7.13. The monoisotopic (exact) mass is 327 g/mol. The zero-order valence-electron chi connectivity index (χ0n) is 13.0. The average molecular weight is 327 g/mol. The summed E-state index contributed by atoms with van der Waals surface area (Å²) in [4.78, 5) is 22.8. The van der Waals surface area contributed by atoms with Gasteiger partial charge in [-0.25, -0.2) is 10.2 Å². The minimum atomic E-state index is -1.05. The van der Waals surface area contributed by atoms with Gasteiger partial charge in [-0.15, -0.1) is 0 Å². The molecule has 0 spiro atoms. The third-order valence-electron chi connectivity index (χ3n) is 3.13. The third kappa shape index (κ3) is 4.57. The highest BCUT2D eigenvalue weighted by Gasteiger charge is 2.07. The minimum absolute atomic E-state index is 0.00170. The number of carbonyl (C=O) groups is 2. The van der Waals surface area contributed by atoms with Crippen molar-refractivity contribution in [2.45, 2.75) is 0 Å². The Morgan fingerprint density at radius 2 is 1.88 bits per heavy atom. The zero-order valence-corrected chi connectivity index (χ0v) is 13.0. The van der Waals surface area contributed by atoms with Crippen molar-refractivity contribution in [1.29, 1.82) is 0 Å². The Bertz CT molecular complexity index is 759. The number of ether oxygens (including phenoxy) is 1. The Hall–Kier alpha value is -3.35. The number of hydrazone groups is 1. The first kappa shape index (κ1) is 17.0. The summed E-state index contributed by atoms with van der Waals surface area (Å²) in [5, 5.41) is 15.8. The van der Waals surface area contributed by atoms with Crippen LogP contribution in [0.4, 0.5) is 5.69 Å². The lowest BCUT2D eigenvalue weighted by Gasteiger charge is -2.09. The summed E-state index contributed by atoms with van der Waals surface area (Å²) in [5.41, 5.74) is 3.55. The average Bonchev–Trinajstić information content (AvgIpc) is 2.60. The van der Waals surface area contributed by atoms with Crippen molar-refractivity contribution in [3.8, 4) is 5.75 Å². The Morgan fingerprint density at radius 1 is 1.17 bits per heavy atom. The number of amides is 1. The fourth-order valence-corrected chi connectivity index (χ4v) is 1.98. The lowest BCUT2D eigenvalue weighted by atomic mass is 10.1. The first-order chi connectivity index (χ1) is 11.6. The van der Waals surface area contributed by atoms with E-state index in [0.29, 0.717) is 17.0 Å². The van der Waals surface area contributed by atoms with Crippen molar-refractivity contribution in [1.82, 2.24) is 5.43 Å². The molecule has 2 aromatic carbocycles. The molecule has 0 radical (unpaired) electrons. The highest BCUT2D eigenvalue weighted by Crippen LogP contribution is 2.22. The van der Waals surface area contributed by atoms with E-state index >= 15 is 0 Å². The number of carboxylic acid groups (broad SMARTS) is 1. The summed E-state index contributed by atoms with van der Waals surface area (Å²) in [6.07, 6.45) is 1.30. The van der Waals surface area contributed by atoms with Crippen LogP contribution in [0, 0.1) is 0 Å². The van der Waals surface area contributed by atoms with E-state index in [-0.39, 0.29) is 18.0 Å². The van der Waals surface area contributed by atoms with Gasteiger partial charge in [-0.2, -0.15) is 5.10 Å². The molecule has 0 aliphatic heterocycles. The second kappa shape index (κ2) is 8.33. The van der Waals surface area contributed by atoms with Gasteiger partial charge in [-0.1, -0.05) is 30.3 Å². The highest BCUT2D eigenvalue weighted by molar-refractivity contribution is 5.98. The van der Waals surface area contributed by atoms with Crippen molar-refractivity contribution >= 4 is 23.8 Å². The quantitative estimate of drug-likeness (QED) is 0.533. The van der Waals surface area contributed by atoms with Gasteiger partial charge in [0.1, 0.15) is 5.75 Å². The Morgan fingerprint density at radius 3 is 2.62 bits per heavy atom. The molecule has 0 bridgehead atoms. The molecule has 7 nitrogen and oxygen atoms in total. The summed E-state index contributed by atoms with van der Waals surface area (Å²) >= 11 is 0. The summed E-state index contributed by atoms with van der Waals surface area (Å²) in [6.45, 7) is -0.00170. The molecule has 0 aliphatic carbocycles. The van der Waals surface area contributed by atoms with Crippen molar-refractivity contribution < 1.29 is 19.4 Å². The van der Waals surface area contributed by atoms with Crippen molar-refractivity contribution in [3.63, 3.8) is 0 Å². The van der Waals surface area contributed by atoms with E-state index in [1.54, 1.807) is 37.4 Å². The van der Waals surface area contributed by atoms with E-state index < -0.39 is 5.97 Å². The van der Waals surface area contributed by atoms with Crippen LogP contribution in [0.5, 0.6) is 5.75 Å². The van der Waals surface area contributed by atoms with Gasteiger partial charge in [0.2, 0.25) is 0 Å². The number of hydrogen-bond donors (Lipinski definition) is 3. The molecule has 2 aromatic rings. The predicted octanol–water partition coefficient (Wildman–Crippen LogP) is 1.96. The maximum atomic E-state index is 11.8. The summed E-state index contributed by atoms with van der Waals surface area (Å²) in [5.74, 6) is -0.796. The molecule has 0 saturated carbocycles. The van der Waals surface area contributed by atoms with E-state index in [1.807, 2.05) is 12.1 Å². The van der Waals surface area contributed by atoms with Crippen LogP contribution in [0.15, 0.2) is 53.6 Å². The van der Waals surface area contributed by atoms with Gasteiger partial charge in [-0.3, -0.25) is 4.79 Å². The normalized spacial score (nSPS) is 10.4. The van der Waals surface area contributed by atoms with Crippen molar-refractivity contribution in [2.24, 2.45) is 5.10 Å². The van der Waals surface area contributed by atoms with E-state index in [4.69, 9.17) is 9.84 Å². The number of anilines is 1. The number of hydrogen-bond acceptors (Lipinski definition) is 5. The fraction of sp³-hybridized carbons (Fsp3) is 0.118. The lowest BCUT2D eigenvalue weighted by Crippen LogP contribution is -2.26. The molecular weight excluding hydrogens is 310 g/mol. The SMILES string of the molecule is COc1ccccc1NCC(=O)N/N=C/c1ccccc1C(=O)O. The Balaban J connectivity index is 1.91. The lowest BCUT2D eigenvalue weighted by molar-refractivity contribution is -0.119. The van der Waals surface area contributed by atoms with E-state index in [2.05, 4.69) is 15.8 Å². The number of carbonyl (C=O) groups excluding carboxylic acids is 1. The molecule has 0 heterocycles. The highest BCUT2D eigenvalue weighted by atomic mass is 16.5. The largest absolute Gasteiger partial charge is 0.495 e. The molecule has 0 saturated heterocycles. The summed E-state index contributed by atoms with van der Waals surface area (Å²) in [7, 11) is 1.55. The number of para-hydroxylation sites is 2. The molecule has 0 aliphatic rings. The summed E-state index contributed by atoms with van der Waals surface area (Å²) in [6, 6.07) is 13.6. The van der Waals surface area contributed by atoms with Crippen LogP contribution in [-0.2, 0) is 4.79 Å². The fourth-order valence-electron chi connectivity index (χ4n) is 1.98. The number of rotatable bonds is 7.